The number of benzene rings is 2. The summed E-state index contributed by atoms with van der Waals surface area (Å²) < 4.78 is 19.4. The second-order valence-electron chi connectivity index (χ2n) is 4.47. The van der Waals surface area contributed by atoms with Crippen molar-refractivity contribution < 1.29 is 19.2 Å². The average molecular weight is 274 g/mol. The Hall–Kier alpha value is -1.85. The topological polar surface area (TPSA) is 49.7 Å². The lowest BCUT2D eigenvalue weighted by Crippen LogP contribution is -2.30. The van der Waals surface area contributed by atoms with Gasteiger partial charge in [-0.2, -0.15) is 0 Å². The maximum absolute atomic E-state index is 13.8. The van der Waals surface area contributed by atoms with Gasteiger partial charge in [0.15, 0.2) is 0 Å². The van der Waals surface area contributed by atoms with Crippen molar-refractivity contribution in [3.8, 4) is 5.75 Å². The van der Waals surface area contributed by atoms with Gasteiger partial charge in [-0.25, -0.2) is 4.39 Å². The minimum absolute atomic E-state index is 0.102. The molecule has 0 aliphatic heterocycles. The van der Waals surface area contributed by atoms with Crippen LogP contribution in [0, 0.1) is 5.82 Å². The second kappa shape index (κ2) is 6.54. The molecule has 0 aromatic heterocycles. The van der Waals surface area contributed by atoms with Crippen LogP contribution in [0.3, 0.4) is 0 Å². The molecule has 0 unspecified atom stereocenters. The van der Waals surface area contributed by atoms with Crippen molar-refractivity contribution in [2.45, 2.75) is 20.0 Å². The van der Waals surface area contributed by atoms with Gasteiger partial charge in [-0.1, -0.05) is 37.3 Å². The normalized spacial score (nSPS) is 10.4. The number of rotatable bonds is 5. The summed E-state index contributed by atoms with van der Waals surface area (Å²) in [4.78, 5) is 0. The van der Waals surface area contributed by atoms with Crippen LogP contribution in [-0.2, 0) is 13.0 Å². The summed E-state index contributed by atoms with van der Waals surface area (Å²) in [5.74, 6) is 0.227. The van der Waals surface area contributed by atoms with E-state index in [-0.39, 0.29) is 12.1 Å². The first-order valence-electron chi connectivity index (χ1n) is 6.47. The van der Waals surface area contributed by atoms with Crippen LogP contribution in [-0.4, -0.2) is 17.2 Å². The molecule has 3 nitrogen and oxygen atoms in total. The van der Waals surface area contributed by atoms with Crippen LogP contribution >= 0.6 is 0 Å². The Morgan fingerprint density at radius 2 is 1.85 bits per heavy atom. The minimum atomic E-state index is -1.67. The van der Waals surface area contributed by atoms with E-state index in [9.17, 15) is 4.39 Å². The maximum Gasteiger partial charge on any atom is 0.488 e. The van der Waals surface area contributed by atoms with Crippen LogP contribution in [0.1, 0.15) is 18.1 Å². The Morgan fingerprint density at radius 1 is 1.10 bits per heavy atom. The van der Waals surface area contributed by atoms with Gasteiger partial charge < -0.3 is 14.8 Å². The summed E-state index contributed by atoms with van der Waals surface area (Å²) in [6.45, 7) is 2.13. The minimum Gasteiger partial charge on any atom is -0.489 e. The van der Waals surface area contributed by atoms with Crippen molar-refractivity contribution in [3.63, 3.8) is 0 Å². The number of hydrogen-bond donors (Lipinski definition) is 2. The highest BCUT2D eigenvalue weighted by Crippen LogP contribution is 2.20. The van der Waals surface area contributed by atoms with Gasteiger partial charge >= 0.3 is 7.12 Å². The molecule has 2 N–H and O–H groups in total. The van der Waals surface area contributed by atoms with Crippen LogP contribution in [0.2, 0.25) is 0 Å². The zero-order valence-electron chi connectivity index (χ0n) is 11.2. The van der Waals surface area contributed by atoms with Gasteiger partial charge in [0, 0.05) is 5.56 Å². The van der Waals surface area contributed by atoms with Crippen LogP contribution in [0.4, 0.5) is 4.39 Å². The third-order valence-corrected chi connectivity index (χ3v) is 3.11. The zero-order chi connectivity index (χ0) is 14.5. The molecule has 0 bridgehead atoms. The molecule has 20 heavy (non-hydrogen) atoms. The Labute approximate surface area is 117 Å². The van der Waals surface area contributed by atoms with E-state index in [1.54, 1.807) is 0 Å². The van der Waals surface area contributed by atoms with Gasteiger partial charge in [0.05, 0.1) is 0 Å². The fourth-order valence-electron chi connectivity index (χ4n) is 1.93. The second-order valence-corrected chi connectivity index (χ2v) is 4.47. The largest absolute Gasteiger partial charge is 0.489 e. The van der Waals surface area contributed by atoms with Crippen LogP contribution < -0.4 is 10.2 Å². The zero-order valence-corrected chi connectivity index (χ0v) is 11.2. The molecule has 0 saturated heterocycles. The van der Waals surface area contributed by atoms with Gasteiger partial charge in [-0.3, -0.25) is 0 Å². The van der Waals surface area contributed by atoms with E-state index in [2.05, 4.69) is 0 Å². The first-order chi connectivity index (χ1) is 9.61. The predicted octanol–water partition coefficient (Wildman–Crippen LogP) is 1.65. The molecule has 0 amide bonds. The number of hydrogen-bond acceptors (Lipinski definition) is 3. The average Bonchev–Trinajstić information content (AvgIpc) is 2.46. The molecule has 0 spiro atoms. The number of aryl methyl sites for hydroxylation is 1. The summed E-state index contributed by atoms with van der Waals surface area (Å²) >= 11 is 0. The van der Waals surface area contributed by atoms with Crippen molar-refractivity contribution in [1.29, 1.82) is 0 Å². The third-order valence-electron chi connectivity index (χ3n) is 3.11. The van der Waals surface area contributed by atoms with Gasteiger partial charge in [0.25, 0.3) is 0 Å². The van der Waals surface area contributed by atoms with Crippen molar-refractivity contribution in [1.82, 2.24) is 0 Å². The number of ether oxygens (including phenoxy) is 1. The fraction of sp³-hybridized carbons (Fsp3) is 0.200. The van der Waals surface area contributed by atoms with Gasteiger partial charge in [0.1, 0.15) is 18.2 Å². The van der Waals surface area contributed by atoms with Crippen molar-refractivity contribution in [2.24, 2.45) is 0 Å². The molecule has 0 radical (unpaired) electrons. The lowest BCUT2D eigenvalue weighted by atomic mass is 9.80. The highest BCUT2D eigenvalue weighted by Gasteiger charge is 2.13. The smallest absolute Gasteiger partial charge is 0.488 e. The number of para-hydroxylation sites is 1. The third kappa shape index (κ3) is 3.38. The molecule has 0 heterocycles. The lowest BCUT2D eigenvalue weighted by Gasteiger charge is -2.11. The molecule has 104 valence electrons. The van der Waals surface area contributed by atoms with Crippen molar-refractivity contribution >= 4 is 12.6 Å². The molecule has 5 heteroatoms. The Kier molecular flexibility index (Phi) is 4.77. The molecule has 0 aliphatic carbocycles. The molecular formula is C15H16BFO3. The van der Waals surface area contributed by atoms with Crippen LogP contribution in [0.5, 0.6) is 5.75 Å². The van der Waals surface area contributed by atoms with E-state index in [1.807, 2.05) is 31.2 Å². The highest BCUT2D eigenvalue weighted by molar-refractivity contribution is 6.58. The highest BCUT2D eigenvalue weighted by atomic mass is 19.1. The predicted molar refractivity (Wildman–Crippen MR) is 76.4 cm³/mol. The SMILES string of the molecule is CCc1ccccc1OCc1ccc(B(O)O)cc1F. The Balaban J connectivity index is 2.11. The standard InChI is InChI=1S/C15H16BFO3/c1-2-11-5-3-4-6-15(11)20-10-12-7-8-13(16(18)19)9-14(12)17/h3-9,18-19H,2,10H2,1H3. The summed E-state index contributed by atoms with van der Waals surface area (Å²) in [6.07, 6.45) is 0.842. The Bertz CT molecular complexity index is 587. The molecule has 0 atom stereocenters. The maximum atomic E-state index is 13.8. The molecule has 2 aromatic rings. The summed E-state index contributed by atoms with van der Waals surface area (Å²) in [7, 11) is -1.67. The lowest BCUT2D eigenvalue weighted by molar-refractivity contribution is 0.297. The van der Waals surface area contributed by atoms with E-state index < -0.39 is 12.9 Å². The fourth-order valence-corrected chi connectivity index (χ4v) is 1.93. The van der Waals surface area contributed by atoms with E-state index in [4.69, 9.17) is 14.8 Å². The monoisotopic (exact) mass is 274 g/mol. The van der Waals surface area contributed by atoms with E-state index in [0.717, 1.165) is 23.8 Å². The summed E-state index contributed by atoms with van der Waals surface area (Å²) in [6, 6.07) is 11.7. The quantitative estimate of drug-likeness (QED) is 0.815. The van der Waals surface area contributed by atoms with Gasteiger partial charge in [0.2, 0.25) is 0 Å². The summed E-state index contributed by atoms with van der Waals surface area (Å²) in [5.41, 5.74) is 1.57. The molecule has 0 aliphatic rings. The molecule has 0 saturated carbocycles. The van der Waals surface area contributed by atoms with Crippen molar-refractivity contribution in [3.05, 3.63) is 59.4 Å². The Morgan fingerprint density at radius 3 is 2.50 bits per heavy atom. The summed E-state index contributed by atoms with van der Waals surface area (Å²) in [5, 5.41) is 17.9. The molecular weight excluding hydrogens is 258 g/mol. The van der Waals surface area contributed by atoms with E-state index >= 15 is 0 Å². The molecule has 2 rings (SSSR count). The van der Waals surface area contributed by atoms with Gasteiger partial charge in [-0.15, -0.1) is 0 Å². The van der Waals surface area contributed by atoms with E-state index in [0.29, 0.717) is 5.56 Å². The first-order valence-corrected chi connectivity index (χ1v) is 6.47. The van der Waals surface area contributed by atoms with Crippen molar-refractivity contribution in [2.75, 3.05) is 0 Å². The van der Waals surface area contributed by atoms with Crippen LogP contribution in [0.25, 0.3) is 0 Å². The van der Waals surface area contributed by atoms with E-state index in [1.165, 1.54) is 12.1 Å². The first kappa shape index (κ1) is 14.6. The molecule has 2 aromatic carbocycles. The molecule has 0 fully saturated rings. The van der Waals surface area contributed by atoms with Crippen LogP contribution in [0.15, 0.2) is 42.5 Å². The van der Waals surface area contributed by atoms with Gasteiger partial charge in [-0.05, 0) is 29.6 Å². The number of halogens is 1.